The molecule has 0 amide bonds. The Morgan fingerprint density at radius 2 is 2.20 bits per heavy atom. The summed E-state index contributed by atoms with van der Waals surface area (Å²) in [5, 5.41) is 0. The van der Waals surface area contributed by atoms with E-state index in [2.05, 4.69) is 11.7 Å². The van der Waals surface area contributed by atoms with Crippen LogP contribution in [0.5, 0.6) is 0 Å². The lowest BCUT2D eigenvalue weighted by Gasteiger charge is -2.11. The molecule has 1 heterocycles. The molecule has 80 valence electrons. The smallest absolute Gasteiger partial charge is 0.258 e. The predicted octanol–water partition coefficient (Wildman–Crippen LogP) is 2.41. The van der Waals surface area contributed by atoms with Crippen LogP contribution in [0, 0.1) is 6.92 Å². The first-order chi connectivity index (χ1) is 7.07. The van der Waals surface area contributed by atoms with Crippen LogP contribution in [-0.2, 0) is 0 Å². The van der Waals surface area contributed by atoms with Crippen LogP contribution in [0.3, 0.4) is 0 Å². The van der Waals surface area contributed by atoms with Crippen LogP contribution in [0.25, 0.3) is 6.08 Å². The number of hydrogen-bond acceptors (Lipinski definition) is 2. The van der Waals surface area contributed by atoms with Gasteiger partial charge in [-0.25, -0.2) is 0 Å². The van der Waals surface area contributed by atoms with Gasteiger partial charge >= 0.3 is 0 Å². The minimum Gasteiger partial charge on any atom is -0.313 e. The van der Waals surface area contributed by atoms with E-state index in [4.69, 9.17) is 0 Å². The van der Waals surface area contributed by atoms with Crippen molar-refractivity contribution in [3.63, 3.8) is 0 Å². The third kappa shape index (κ3) is 2.43. The van der Waals surface area contributed by atoms with E-state index in [1.54, 1.807) is 10.6 Å². The SMILES string of the molecule is C=N/C=C\c1c(C)ccn(C(C)C)c1=O. The van der Waals surface area contributed by atoms with Crippen LogP contribution in [0.2, 0.25) is 0 Å². The van der Waals surface area contributed by atoms with Crippen LogP contribution >= 0.6 is 0 Å². The van der Waals surface area contributed by atoms with Gasteiger partial charge in [-0.15, -0.1) is 0 Å². The van der Waals surface area contributed by atoms with Crippen LogP contribution in [0.15, 0.2) is 28.3 Å². The van der Waals surface area contributed by atoms with Gasteiger partial charge in [-0.3, -0.25) is 9.79 Å². The maximum atomic E-state index is 12.0. The lowest BCUT2D eigenvalue weighted by atomic mass is 10.1. The zero-order valence-corrected chi connectivity index (χ0v) is 9.40. The zero-order chi connectivity index (χ0) is 11.4. The minimum atomic E-state index is 0.0184. The number of aliphatic imine (C=N–C) groups is 1. The molecule has 3 heteroatoms. The Balaban J connectivity index is 3.36. The lowest BCUT2D eigenvalue weighted by molar-refractivity contribution is 0.576. The Labute approximate surface area is 89.8 Å². The maximum absolute atomic E-state index is 12.0. The molecule has 1 rings (SSSR count). The molecule has 0 bridgehead atoms. The van der Waals surface area contributed by atoms with Crippen LogP contribution in [0.4, 0.5) is 0 Å². The summed E-state index contributed by atoms with van der Waals surface area (Å²) in [5.74, 6) is 0. The summed E-state index contributed by atoms with van der Waals surface area (Å²) in [7, 11) is 0. The van der Waals surface area contributed by atoms with Crippen molar-refractivity contribution in [2.24, 2.45) is 4.99 Å². The van der Waals surface area contributed by atoms with Crippen molar-refractivity contribution in [3.05, 3.63) is 39.9 Å². The van der Waals surface area contributed by atoms with Crippen molar-refractivity contribution < 1.29 is 0 Å². The number of nitrogens with zero attached hydrogens (tertiary/aromatic N) is 2. The highest BCUT2D eigenvalue weighted by Gasteiger charge is 2.06. The average molecular weight is 204 g/mol. The van der Waals surface area contributed by atoms with Crippen LogP contribution in [-0.4, -0.2) is 11.3 Å². The van der Waals surface area contributed by atoms with E-state index in [0.717, 1.165) is 5.56 Å². The fraction of sp³-hybridized carbons (Fsp3) is 0.333. The average Bonchev–Trinajstić information content (AvgIpc) is 2.17. The van der Waals surface area contributed by atoms with Gasteiger partial charge in [0, 0.05) is 24.0 Å². The molecule has 0 saturated carbocycles. The first-order valence-corrected chi connectivity index (χ1v) is 4.92. The molecule has 0 saturated heterocycles. The molecule has 3 nitrogen and oxygen atoms in total. The molecule has 0 aliphatic rings. The molecule has 1 aromatic heterocycles. The molecule has 0 spiro atoms. The van der Waals surface area contributed by atoms with Crippen LogP contribution < -0.4 is 5.56 Å². The van der Waals surface area contributed by atoms with E-state index in [-0.39, 0.29) is 11.6 Å². The van der Waals surface area contributed by atoms with Crippen molar-refractivity contribution >= 4 is 12.8 Å². The van der Waals surface area contributed by atoms with E-state index in [1.807, 2.05) is 33.0 Å². The van der Waals surface area contributed by atoms with Gasteiger partial charge in [0.1, 0.15) is 0 Å². The minimum absolute atomic E-state index is 0.0184. The first-order valence-electron chi connectivity index (χ1n) is 4.92. The highest BCUT2D eigenvalue weighted by Crippen LogP contribution is 2.07. The van der Waals surface area contributed by atoms with E-state index >= 15 is 0 Å². The summed E-state index contributed by atoms with van der Waals surface area (Å²) in [4.78, 5) is 15.6. The fourth-order valence-corrected chi connectivity index (χ4v) is 1.39. The summed E-state index contributed by atoms with van der Waals surface area (Å²) < 4.78 is 1.70. The molecular weight excluding hydrogens is 188 g/mol. The Morgan fingerprint density at radius 3 is 2.73 bits per heavy atom. The Morgan fingerprint density at radius 1 is 1.53 bits per heavy atom. The van der Waals surface area contributed by atoms with Gasteiger partial charge < -0.3 is 4.57 Å². The fourth-order valence-electron chi connectivity index (χ4n) is 1.39. The summed E-state index contributed by atoms with van der Waals surface area (Å²) in [6, 6.07) is 2.10. The molecule has 0 radical (unpaired) electrons. The van der Waals surface area contributed by atoms with E-state index in [9.17, 15) is 4.79 Å². The Bertz CT molecular complexity index is 441. The van der Waals surface area contributed by atoms with Gasteiger partial charge in [0.25, 0.3) is 5.56 Å². The summed E-state index contributed by atoms with van der Waals surface area (Å²) >= 11 is 0. The van der Waals surface area contributed by atoms with Crippen LogP contribution in [0.1, 0.15) is 31.0 Å². The third-order valence-corrected chi connectivity index (χ3v) is 2.28. The zero-order valence-electron chi connectivity index (χ0n) is 9.40. The number of aromatic nitrogens is 1. The quantitative estimate of drug-likeness (QED) is 0.696. The van der Waals surface area contributed by atoms with Gasteiger partial charge in [0.2, 0.25) is 0 Å². The first kappa shape index (κ1) is 11.4. The highest BCUT2D eigenvalue weighted by molar-refractivity contribution is 5.52. The second kappa shape index (κ2) is 4.73. The van der Waals surface area contributed by atoms with Gasteiger partial charge in [-0.2, -0.15) is 0 Å². The van der Waals surface area contributed by atoms with Gasteiger partial charge in [-0.1, -0.05) is 0 Å². The van der Waals surface area contributed by atoms with Crippen molar-refractivity contribution in [3.8, 4) is 0 Å². The number of aryl methyl sites for hydroxylation is 1. The van der Waals surface area contributed by atoms with Gasteiger partial charge in [0.15, 0.2) is 0 Å². The number of hydrogen-bond donors (Lipinski definition) is 0. The molecule has 0 aliphatic carbocycles. The van der Waals surface area contributed by atoms with E-state index in [1.165, 1.54) is 6.20 Å². The van der Waals surface area contributed by atoms with Crippen molar-refractivity contribution in [2.75, 3.05) is 0 Å². The standard InChI is InChI=1S/C12H16N2O/c1-9(2)14-8-6-10(3)11(12(14)15)5-7-13-4/h5-9H,4H2,1-3H3/b7-5-. The summed E-state index contributed by atoms with van der Waals surface area (Å²) in [6.07, 6.45) is 5.05. The van der Waals surface area contributed by atoms with Gasteiger partial charge in [0.05, 0.1) is 0 Å². The molecular formula is C12H16N2O. The topological polar surface area (TPSA) is 34.4 Å². The molecule has 0 aliphatic heterocycles. The molecule has 0 atom stereocenters. The summed E-state index contributed by atoms with van der Waals surface area (Å²) in [6.45, 7) is 9.22. The highest BCUT2D eigenvalue weighted by atomic mass is 16.1. The van der Waals surface area contributed by atoms with Crippen molar-refractivity contribution in [1.82, 2.24) is 4.57 Å². The molecule has 15 heavy (non-hydrogen) atoms. The van der Waals surface area contributed by atoms with E-state index in [0.29, 0.717) is 5.56 Å². The molecule has 0 unspecified atom stereocenters. The van der Waals surface area contributed by atoms with Crippen molar-refractivity contribution in [1.29, 1.82) is 0 Å². The predicted molar refractivity (Wildman–Crippen MR) is 64.4 cm³/mol. The molecule has 0 N–H and O–H groups in total. The Kier molecular flexibility index (Phi) is 3.61. The van der Waals surface area contributed by atoms with Crippen molar-refractivity contribution in [2.45, 2.75) is 26.8 Å². The maximum Gasteiger partial charge on any atom is 0.258 e. The second-order valence-electron chi connectivity index (χ2n) is 3.72. The molecule has 1 aromatic rings. The lowest BCUT2D eigenvalue weighted by Crippen LogP contribution is -2.23. The second-order valence-corrected chi connectivity index (χ2v) is 3.72. The monoisotopic (exact) mass is 204 g/mol. The molecule has 0 fully saturated rings. The normalized spacial score (nSPS) is 11.2. The van der Waals surface area contributed by atoms with Gasteiger partial charge in [-0.05, 0) is 45.2 Å². The Hall–Kier alpha value is -1.64. The number of pyridine rings is 1. The molecule has 0 aromatic carbocycles. The summed E-state index contributed by atoms with van der Waals surface area (Å²) in [5.41, 5.74) is 1.65. The van der Waals surface area contributed by atoms with E-state index < -0.39 is 0 Å². The number of rotatable bonds is 3. The largest absolute Gasteiger partial charge is 0.313 e. The third-order valence-electron chi connectivity index (χ3n) is 2.28.